The van der Waals surface area contributed by atoms with Gasteiger partial charge in [0, 0.05) is 0 Å². The van der Waals surface area contributed by atoms with E-state index in [4.69, 9.17) is 5.11 Å². The van der Waals surface area contributed by atoms with Crippen LogP contribution in [0.4, 0.5) is 13.2 Å². The highest BCUT2D eigenvalue weighted by Gasteiger charge is 2.53. The normalized spacial score (nSPS) is 15.9. The number of aliphatic hydroxyl groups excluding tert-OH is 1. The van der Waals surface area contributed by atoms with Crippen LogP contribution < -0.4 is 0 Å². The molecule has 1 N–H and O–H groups in total. The second-order valence-electron chi connectivity index (χ2n) is 3.76. The van der Waals surface area contributed by atoms with Crippen molar-refractivity contribution in [3.8, 4) is 0 Å². The highest BCUT2D eigenvalue weighted by molar-refractivity contribution is 7.54. The lowest BCUT2D eigenvalue weighted by atomic mass is 10.5. The third kappa shape index (κ3) is 4.82. The fourth-order valence-electron chi connectivity index (χ4n) is 0.907. The second-order valence-corrected chi connectivity index (χ2v) is 5.75. The molecule has 0 aromatic carbocycles. The maximum Gasteiger partial charge on any atom is 0.426 e. The number of aliphatic hydroxyl groups is 1. The highest BCUT2D eigenvalue weighted by Crippen LogP contribution is 2.58. The molecule has 0 aromatic rings. The van der Waals surface area contributed by atoms with Gasteiger partial charge in [0.2, 0.25) is 0 Å². The van der Waals surface area contributed by atoms with Crippen LogP contribution in [0.5, 0.6) is 0 Å². The van der Waals surface area contributed by atoms with Crippen molar-refractivity contribution < 1.29 is 31.9 Å². The summed E-state index contributed by atoms with van der Waals surface area (Å²) in [4.78, 5) is 0. The maximum absolute atomic E-state index is 12.3. The summed E-state index contributed by atoms with van der Waals surface area (Å²) in [7, 11) is -4.61. The molecule has 8 heteroatoms. The van der Waals surface area contributed by atoms with Crippen molar-refractivity contribution >= 4 is 7.60 Å². The second kappa shape index (κ2) is 5.49. The Bertz CT molecular complexity index is 250. The molecule has 0 saturated carbocycles. The van der Waals surface area contributed by atoms with Gasteiger partial charge in [-0.15, -0.1) is 0 Å². The molecule has 0 saturated heterocycles. The van der Waals surface area contributed by atoms with E-state index in [0.717, 1.165) is 0 Å². The summed E-state index contributed by atoms with van der Waals surface area (Å²) in [6, 6.07) is 0. The van der Waals surface area contributed by atoms with Crippen LogP contribution in [-0.4, -0.2) is 29.3 Å². The fraction of sp³-hybridized carbons (Fsp3) is 1.00. The number of hydrogen-bond donors (Lipinski definition) is 1. The van der Waals surface area contributed by atoms with E-state index < -0.39 is 31.8 Å². The molecule has 1 atom stereocenters. The molecule has 0 radical (unpaired) electrons. The van der Waals surface area contributed by atoms with E-state index in [1.165, 1.54) is 27.7 Å². The van der Waals surface area contributed by atoms with Crippen molar-refractivity contribution in [3.63, 3.8) is 0 Å². The molecule has 0 heterocycles. The van der Waals surface area contributed by atoms with Crippen molar-refractivity contribution in [3.05, 3.63) is 0 Å². The molecule has 0 aliphatic carbocycles. The fourth-order valence-corrected chi connectivity index (χ4v) is 2.72. The minimum atomic E-state index is -5.04. The molecule has 0 rings (SSSR count). The summed E-state index contributed by atoms with van der Waals surface area (Å²) in [5.74, 6) is -3.12. The molecular weight excluding hydrogens is 248 g/mol. The van der Waals surface area contributed by atoms with Crippen LogP contribution in [0, 0.1) is 0 Å². The Morgan fingerprint density at radius 2 is 1.38 bits per heavy atom. The standard InChI is InChI=1S/C8H16F3O4P/c1-5(2)14-16(13,15-6(3)4)7(12)8(9,10)11/h5-7,12H,1-4H3. The minimum Gasteiger partial charge on any atom is -0.373 e. The molecule has 0 bridgehead atoms. The third-order valence-corrected chi connectivity index (χ3v) is 3.63. The summed E-state index contributed by atoms with van der Waals surface area (Å²) >= 11 is 0. The van der Waals surface area contributed by atoms with E-state index in [1.54, 1.807) is 0 Å². The molecule has 0 amide bonds. The van der Waals surface area contributed by atoms with E-state index in [1.807, 2.05) is 0 Å². The predicted molar refractivity (Wildman–Crippen MR) is 52.1 cm³/mol. The minimum absolute atomic E-state index is 0.749. The van der Waals surface area contributed by atoms with Gasteiger partial charge in [0.05, 0.1) is 12.2 Å². The molecule has 4 nitrogen and oxygen atoms in total. The van der Waals surface area contributed by atoms with Crippen LogP contribution in [0.2, 0.25) is 0 Å². The average molecular weight is 264 g/mol. The van der Waals surface area contributed by atoms with E-state index in [2.05, 4.69) is 9.05 Å². The molecular formula is C8H16F3O4P. The number of halogens is 3. The van der Waals surface area contributed by atoms with Crippen molar-refractivity contribution in [2.24, 2.45) is 0 Å². The molecule has 98 valence electrons. The molecule has 1 unspecified atom stereocenters. The van der Waals surface area contributed by atoms with Gasteiger partial charge < -0.3 is 14.2 Å². The lowest BCUT2D eigenvalue weighted by molar-refractivity contribution is -0.183. The average Bonchev–Trinajstić information content (AvgIpc) is 1.97. The van der Waals surface area contributed by atoms with E-state index in [-0.39, 0.29) is 0 Å². The third-order valence-electron chi connectivity index (χ3n) is 1.31. The van der Waals surface area contributed by atoms with Crippen molar-refractivity contribution in [2.75, 3.05) is 0 Å². The Morgan fingerprint density at radius 3 is 1.56 bits per heavy atom. The first-order chi connectivity index (χ1) is 6.99. The first kappa shape index (κ1) is 15.9. The summed E-state index contributed by atoms with van der Waals surface area (Å²) in [5, 5.41) is 8.96. The van der Waals surface area contributed by atoms with Gasteiger partial charge in [-0.1, -0.05) is 0 Å². The first-order valence-corrected chi connectivity index (χ1v) is 6.31. The molecule has 0 aliphatic rings. The quantitative estimate of drug-likeness (QED) is 0.776. The van der Waals surface area contributed by atoms with Crippen LogP contribution in [0.25, 0.3) is 0 Å². The zero-order chi connectivity index (χ0) is 13.1. The smallest absolute Gasteiger partial charge is 0.373 e. The Morgan fingerprint density at radius 1 is 1.06 bits per heavy atom. The number of rotatable bonds is 5. The zero-order valence-electron chi connectivity index (χ0n) is 9.49. The van der Waals surface area contributed by atoms with Gasteiger partial charge in [0.1, 0.15) is 0 Å². The maximum atomic E-state index is 12.3. The SMILES string of the molecule is CC(C)OP(=O)(OC(C)C)C(O)C(F)(F)F. The van der Waals surface area contributed by atoms with Gasteiger partial charge in [-0.2, -0.15) is 13.2 Å². The predicted octanol–water partition coefficient (Wildman–Crippen LogP) is 2.91. The highest BCUT2D eigenvalue weighted by atomic mass is 31.2. The van der Waals surface area contributed by atoms with Gasteiger partial charge in [0.25, 0.3) is 5.85 Å². The van der Waals surface area contributed by atoms with Crippen LogP contribution in [-0.2, 0) is 13.6 Å². The Balaban J connectivity index is 5.00. The van der Waals surface area contributed by atoms with Gasteiger partial charge in [-0.05, 0) is 27.7 Å². The Hall–Kier alpha value is -0.100. The van der Waals surface area contributed by atoms with Crippen LogP contribution in [0.3, 0.4) is 0 Å². The molecule has 16 heavy (non-hydrogen) atoms. The first-order valence-electron chi connectivity index (χ1n) is 4.70. The lowest BCUT2D eigenvalue weighted by Crippen LogP contribution is -2.31. The summed E-state index contributed by atoms with van der Waals surface area (Å²) in [6.07, 6.45) is -6.54. The van der Waals surface area contributed by atoms with Gasteiger partial charge >= 0.3 is 13.8 Å². The van der Waals surface area contributed by atoms with Gasteiger partial charge in [-0.25, -0.2) is 0 Å². The van der Waals surface area contributed by atoms with Crippen LogP contribution in [0.15, 0.2) is 0 Å². The summed E-state index contributed by atoms with van der Waals surface area (Å²) < 4.78 is 57.8. The van der Waals surface area contributed by atoms with E-state index in [0.29, 0.717) is 0 Å². The molecule has 0 aromatic heterocycles. The van der Waals surface area contributed by atoms with Crippen LogP contribution >= 0.6 is 7.60 Å². The number of hydrogen-bond acceptors (Lipinski definition) is 4. The monoisotopic (exact) mass is 264 g/mol. The Labute approximate surface area is 92.3 Å². The van der Waals surface area contributed by atoms with Gasteiger partial charge in [-0.3, -0.25) is 4.57 Å². The van der Waals surface area contributed by atoms with Crippen molar-refractivity contribution in [1.29, 1.82) is 0 Å². The van der Waals surface area contributed by atoms with Crippen molar-refractivity contribution in [2.45, 2.75) is 51.9 Å². The summed E-state index contributed by atoms with van der Waals surface area (Å²) in [5.41, 5.74) is 0. The van der Waals surface area contributed by atoms with Crippen molar-refractivity contribution in [1.82, 2.24) is 0 Å². The summed E-state index contributed by atoms with van der Waals surface area (Å²) in [6.45, 7) is 5.61. The number of alkyl halides is 3. The lowest BCUT2D eigenvalue weighted by Gasteiger charge is -2.27. The van der Waals surface area contributed by atoms with Gasteiger partial charge in [0.15, 0.2) is 0 Å². The Kier molecular flexibility index (Phi) is 5.46. The van der Waals surface area contributed by atoms with E-state index in [9.17, 15) is 17.7 Å². The largest absolute Gasteiger partial charge is 0.426 e. The topological polar surface area (TPSA) is 55.8 Å². The molecule has 0 spiro atoms. The van der Waals surface area contributed by atoms with Crippen LogP contribution in [0.1, 0.15) is 27.7 Å². The van der Waals surface area contributed by atoms with E-state index >= 15 is 0 Å². The molecule has 0 aliphatic heterocycles. The zero-order valence-corrected chi connectivity index (χ0v) is 10.4. The molecule has 0 fully saturated rings.